The SMILES string of the molecule is CCOc1ccc(/C=C2\SC(=O)N(CCNC(C)=O)C2=O)cc1. The summed E-state index contributed by atoms with van der Waals surface area (Å²) in [5.41, 5.74) is 0.820. The number of nitrogens with one attached hydrogen (secondary N) is 1. The topological polar surface area (TPSA) is 75.7 Å². The third-order valence-electron chi connectivity index (χ3n) is 3.07. The zero-order valence-electron chi connectivity index (χ0n) is 13.0. The van der Waals surface area contributed by atoms with Crippen LogP contribution in [0.15, 0.2) is 29.2 Å². The lowest BCUT2D eigenvalue weighted by Crippen LogP contribution is -2.36. The zero-order valence-corrected chi connectivity index (χ0v) is 13.8. The van der Waals surface area contributed by atoms with Gasteiger partial charge in [-0.25, -0.2) is 0 Å². The first kappa shape index (κ1) is 17.1. The predicted octanol–water partition coefficient (Wildman–Crippen LogP) is 2.26. The second kappa shape index (κ2) is 7.82. The summed E-state index contributed by atoms with van der Waals surface area (Å²) in [5.74, 6) is 0.231. The van der Waals surface area contributed by atoms with Crippen LogP contribution in [-0.4, -0.2) is 41.6 Å². The van der Waals surface area contributed by atoms with Crippen LogP contribution >= 0.6 is 11.8 Å². The van der Waals surface area contributed by atoms with Crippen LogP contribution in [0.1, 0.15) is 19.4 Å². The highest BCUT2D eigenvalue weighted by molar-refractivity contribution is 8.18. The minimum absolute atomic E-state index is 0.171. The van der Waals surface area contributed by atoms with Gasteiger partial charge in [-0.3, -0.25) is 19.3 Å². The normalized spacial score (nSPS) is 16.1. The summed E-state index contributed by atoms with van der Waals surface area (Å²) in [6.07, 6.45) is 1.68. The van der Waals surface area contributed by atoms with Crippen molar-refractivity contribution in [1.82, 2.24) is 10.2 Å². The van der Waals surface area contributed by atoms with Crippen molar-refractivity contribution in [3.8, 4) is 5.75 Å². The maximum atomic E-state index is 12.2. The molecule has 0 aromatic heterocycles. The molecule has 7 heteroatoms. The van der Waals surface area contributed by atoms with Crippen molar-refractivity contribution in [2.45, 2.75) is 13.8 Å². The van der Waals surface area contributed by atoms with Gasteiger partial charge >= 0.3 is 0 Å². The van der Waals surface area contributed by atoms with E-state index < -0.39 is 0 Å². The number of hydrogen-bond donors (Lipinski definition) is 1. The van der Waals surface area contributed by atoms with Gasteiger partial charge in [0.15, 0.2) is 0 Å². The van der Waals surface area contributed by atoms with E-state index in [2.05, 4.69) is 5.32 Å². The van der Waals surface area contributed by atoms with Crippen molar-refractivity contribution in [1.29, 1.82) is 0 Å². The Morgan fingerprint density at radius 1 is 1.30 bits per heavy atom. The molecule has 1 aliphatic rings. The van der Waals surface area contributed by atoms with E-state index in [4.69, 9.17) is 4.74 Å². The van der Waals surface area contributed by atoms with E-state index in [9.17, 15) is 14.4 Å². The van der Waals surface area contributed by atoms with E-state index in [1.807, 2.05) is 31.2 Å². The van der Waals surface area contributed by atoms with Gasteiger partial charge in [-0.2, -0.15) is 0 Å². The van der Waals surface area contributed by atoms with Gasteiger partial charge in [0.25, 0.3) is 11.1 Å². The Bertz CT molecular complexity index is 640. The first-order valence-corrected chi connectivity index (χ1v) is 8.05. The number of thioether (sulfide) groups is 1. The van der Waals surface area contributed by atoms with Gasteiger partial charge in [0, 0.05) is 20.0 Å². The van der Waals surface area contributed by atoms with Crippen LogP contribution in [0.2, 0.25) is 0 Å². The quantitative estimate of drug-likeness (QED) is 0.808. The standard InChI is InChI=1S/C16H18N2O4S/c1-3-22-13-6-4-12(5-7-13)10-14-15(20)18(16(21)23-14)9-8-17-11(2)19/h4-7,10H,3,8-9H2,1-2H3,(H,17,19)/b14-10-. The molecular weight excluding hydrogens is 316 g/mol. The van der Waals surface area contributed by atoms with Crippen molar-refractivity contribution in [3.63, 3.8) is 0 Å². The van der Waals surface area contributed by atoms with Crippen LogP contribution in [0, 0.1) is 0 Å². The number of amides is 3. The monoisotopic (exact) mass is 334 g/mol. The molecule has 1 saturated heterocycles. The summed E-state index contributed by atoms with van der Waals surface area (Å²) >= 11 is 0.905. The number of rotatable bonds is 6. The van der Waals surface area contributed by atoms with Gasteiger partial charge in [-0.15, -0.1) is 0 Å². The van der Waals surface area contributed by atoms with Crippen molar-refractivity contribution < 1.29 is 19.1 Å². The lowest BCUT2D eigenvalue weighted by Gasteiger charge is -2.12. The summed E-state index contributed by atoms with van der Waals surface area (Å²) in [4.78, 5) is 36.5. The molecule has 0 unspecified atom stereocenters. The summed E-state index contributed by atoms with van der Waals surface area (Å²) in [5, 5.41) is 2.25. The molecule has 1 fully saturated rings. The van der Waals surface area contributed by atoms with E-state index in [0.29, 0.717) is 11.5 Å². The van der Waals surface area contributed by atoms with Crippen LogP contribution in [0.4, 0.5) is 4.79 Å². The van der Waals surface area contributed by atoms with Crippen LogP contribution in [-0.2, 0) is 9.59 Å². The average Bonchev–Trinajstić information content (AvgIpc) is 2.76. The predicted molar refractivity (Wildman–Crippen MR) is 89.0 cm³/mol. The van der Waals surface area contributed by atoms with Crippen LogP contribution < -0.4 is 10.1 Å². The molecule has 0 radical (unpaired) electrons. The van der Waals surface area contributed by atoms with E-state index >= 15 is 0 Å². The Morgan fingerprint density at radius 2 is 2.00 bits per heavy atom. The number of ether oxygens (including phenoxy) is 1. The van der Waals surface area contributed by atoms with E-state index in [1.54, 1.807) is 6.08 Å². The number of imide groups is 1. The van der Waals surface area contributed by atoms with Crippen molar-refractivity contribution in [3.05, 3.63) is 34.7 Å². The summed E-state index contributed by atoms with van der Waals surface area (Å²) in [6, 6.07) is 7.29. The number of benzene rings is 1. The molecule has 1 aromatic carbocycles. The molecule has 6 nitrogen and oxygen atoms in total. The third kappa shape index (κ3) is 4.59. The van der Waals surface area contributed by atoms with E-state index in [0.717, 1.165) is 28.0 Å². The molecule has 1 aliphatic heterocycles. The molecule has 1 aromatic rings. The fraction of sp³-hybridized carbons (Fsp3) is 0.312. The highest BCUT2D eigenvalue weighted by Crippen LogP contribution is 2.32. The molecule has 3 amide bonds. The maximum Gasteiger partial charge on any atom is 0.293 e. The number of carbonyl (C=O) groups is 3. The highest BCUT2D eigenvalue weighted by atomic mass is 32.2. The molecule has 0 atom stereocenters. The molecule has 0 bridgehead atoms. The molecule has 0 spiro atoms. The van der Waals surface area contributed by atoms with Crippen molar-refractivity contribution in [2.24, 2.45) is 0 Å². The fourth-order valence-electron chi connectivity index (χ4n) is 2.01. The second-order valence-corrected chi connectivity index (χ2v) is 5.81. The molecule has 0 aliphatic carbocycles. The van der Waals surface area contributed by atoms with Gasteiger partial charge in [0.05, 0.1) is 11.5 Å². The Hall–Kier alpha value is -2.28. The number of carbonyl (C=O) groups excluding carboxylic acids is 3. The number of nitrogens with zero attached hydrogens (tertiary/aromatic N) is 1. The molecule has 0 saturated carbocycles. The Balaban J connectivity index is 2.04. The third-order valence-corrected chi connectivity index (χ3v) is 3.98. The lowest BCUT2D eigenvalue weighted by molar-refractivity contribution is -0.123. The molecule has 1 N–H and O–H groups in total. The smallest absolute Gasteiger partial charge is 0.293 e. The Labute approximate surface area is 138 Å². The zero-order chi connectivity index (χ0) is 16.8. The molecule has 1 heterocycles. The molecular formula is C16H18N2O4S. The Kier molecular flexibility index (Phi) is 5.81. The van der Waals surface area contributed by atoms with Crippen molar-refractivity contribution in [2.75, 3.05) is 19.7 Å². The first-order valence-electron chi connectivity index (χ1n) is 7.24. The lowest BCUT2D eigenvalue weighted by atomic mass is 10.2. The van der Waals surface area contributed by atoms with Gasteiger partial charge in [0.1, 0.15) is 5.75 Å². The largest absolute Gasteiger partial charge is 0.494 e. The van der Waals surface area contributed by atoms with Crippen LogP contribution in [0.3, 0.4) is 0 Å². The molecule has 23 heavy (non-hydrogen) atoms. The number of hydrogen-bond acceptors (Lipinski definition) is 5. The van der Waals surface area contributed by atoms with Crippen molar-refractivity contribution >= 4 is 34.9 Å². The summed E-state index contributed by atoms with van der Waals surface area (Å²) in [6.45, 7) is 4.31. The minimum Gasteiger partial charge on any atom is -0.494 e. The van der Waals surface area contributed by atoms with Crippen LogP contribution in [0.25, 0.3) is 6.08 Å². The summed E-state index contributed by atoms with van der Waals surface area (Å²) < 4.78 is 5.36. The van der Waals surface area contributed by atoms with Crippen LogP contribution in [0.5, 0.6) is 5.75 Å². The maximum absolute atomic E-state index is 12.2. The van der Waals surface area contributed by atoms with E-state index in [-0.39, 0.29) is 30.1 Å². The van der Waals surface area contributed by atoms with Gasteiger partial charge in [-0.05, 0) is 42.5 Å². The van der Waals surface area contributed by atoms with E-state index in [1.165, 1.54) is 6.92 Å². The fourth-order valence-corrected chi connectivity index (χ4v) is 2.88. The van der Waals surface area contributed by atoms with Gasteiger partial charge < -0.3 is 10.1 Å². The highest BCUT2D eigenvalue weighted by Gasteiger charge is 2.34. The minimum atomic E-state index is -0.334. The summed E-state index contributed by atoms with van der Waals surface area (Å²) in [7, 11) is 0. The molecule has 122 valence electrons. The second-order valence-electron chi connectivity index (χ2n) is 4.82. The van der Waals surface area contributed by atoms with Gasteiger partial charge in [-0.1, -0.05) is 12.1 Å². The molecule has 2 rings (SSSR count). The first-order chi connectivity index (χ1) is 11.0. The Morgan fingerprint density at radius 3 is 2.61 bits per heavy atom. The average molecular weight is 334 g/mol. The van der Waals surface area contributed by atoms with Gasteiger partial charge in [0.2, 0.25) is 5.91 Å².